The Morgan fingerprint density at radius 3 is 3.04 bits per heavy atom. The number of nitrogens with zero attached hydrogens (tertiary/aromatic N) is 3. The zero-order valence-electron chi connectivity index (χ0n) is 13.8. The van der Waals surface area contributed by atoms with E-state index in [4.69, 9.17) is 5.11 Å². The van der Waals surface area contributed by atoms with Crippen LogP contribution in [0.25, 0.3) is 0 Å². The maximum atomic E-state index is 13.4. The molecule has 0 saturated heterocycles. The number of hydrogen-bond acceptors (Lipinski definition) is 8. The monoisotopic (exact) mass is 363 g/mol. The molecule has 3 rings (SSSR count). The molecular formula is C16H18FN5O4. The molecule has 1 atom stereocenters. The van der Waals surface area contributed by atoms with Crippen LogP contribution in [0.3, 0.4) is 0 Å². The van der Waals surface area contributed by atoms with E-state index in [0.29, 0.717) is 19.4 Å². The van der Waals surface area contributed by atoms with Gasteiger partial charge in [0.1, 0.15) is 12.4 Å². The molecular weight excluding hydrogens is 345 g/mol. The number of benzene rings is 1. The molecule has 0 radical (unpaired) electrons. The van der Waals surface area contributed by atoms with Crippen LogP contribution in [0.15, 0.2) is 27.8 Å². The maximum absolute atomic E-state index is 13.4. The topological polar surface area (TPSA) is 133 Å². The SMILES string of the molecule is O=C(CO)CCCNc1nonc1C(=NC1Cc2ccc(F)cc21)NO. The van der Waals surface area contributed by atoms with Gasteiger partial charge in [-0.3, -0.25) is 20.5 Å². The molecule has 26 heavy (non-hydrogen) atoms. The fourth-order valence-corrected chi connectivity index (χ4v) is 2.69. The molecule has 1 aliphatic carbocycles. The molecule has 0 saturated carbocycles. The lowest BCUT2D eigenvalue weighted by molar-refractivity contribution is -0.121. The quantitative estimate of drug-likeness (QED) is 0.236. The summed E-state index contributed by atoms with van der Waals surface area (Å²) in [5.41, 5.74) is 3.90. The Bertz CT molecular complexity index is 823. The number of aromatic nitrogens is 2. The number of halogens is 1. The van der Waals surface area contributed by atoms with E-state index in [1.807, 2.05) is 5.48 Å². The summed E-state index contributed by atoms with van der Waals surface area (Å²) in [6.45, 7) is -0.0887. The molecule has 4 N–H and O–H groups in total. The number of hydroxylamine groups is 1. The van der Waals surface area contributed by atoms with Gasteiger partial charge in [-0.2, -0.15) is 0 Å². The van der Waals surface area contributed by atoms with Crippen LogP contribution >= 0.6 is 0 Å². The van der Waals surface area contributed by atoms with E-state index in [0.717, 1.165) is 11.1 Å². The third kappa shape index (κ3) is 3.86. The van der Waals surface area contributed by atoms with Crippen LogP contribution in [0.1, 0.15) is 35.7 Å². The predicted octanol–water partition coefficient (Wildman–Crippen LogP) is 0.985. The van der Waals surface area contributed by atoms with Gasteiger partial charge in [0.05, 0.1) is 6.04 Å². The first-order valence-corrected chi connectivity index (χ1v) is 8.08. The first-order valence-electron chi connectivity index (χ1n) is 8.08. The van der Waals surface area contributed by atoms with Gasteiger partial charge < -0.3 is 10.4 Å². The molecule has 0 fully saturated rings. The van der Waals surface area contributed by atoms with Gasteiger partial charge in [0.25, 0.3) is 0 Å². The second-order valence-corrected chi connectivity index (χ2v) is 5.84. The van der Waals surface area contributed by atoms with Crippen molar-refractivity contribution in [2.45, 2.75) is 25.3 Å². The Morgan fingerprint density at radius 1 is 1.42 bits per heavy atom. The van der Waals surface area contributed by atoms with Crippen molar-refractivity contribution >= 4 is 17.4 Å². The minimum absolute atomic E-state index is 0.0418. The van der Waals surface area contributed by atoms with Crippen molar-refractivity contribution in [1.29, 1.82) is 0 Å². The van der Waals surface area contributed by atoms with Crippen molar-refractivity contribution in [3.63, 3.8) is 0 Å². The Balaban J connectivity index is 1.68. The first-order chi connectivity index (χ1) is 12.6. The van der Waals surface area contributed by atoms with E-state index in [1.54, 1.807) is 6.07 Å². The average Bonchev–Trinajstić information content (AvgIpc) is 3.09. The van der Waals surface area contributed by atoms with Crippen LogP contribution in [0.4, 0.5) is 10.2 Å². The van der Waals surface area contributed by atoms with E-state index in [-0.39, 0.29) is 41.4 Å². The summed E-state index contributed by atoms with van der Waals surface area (Å²) >= 11 is 0. The van der Waals surface area contributed by atoms with E-state index in [1.165, 1.54) is 12.1 Å². The van der Waals surface area contributed by atoms with E-state index >= 15 is 0 Å². The number of rotatable bonds is 8. The van der Waals surface area contributed by atoms with Gasteiger partial charge in [0, 0.05) is 13.0 Å². The molecule has 1 aliphatic rings. The molecule has 1 unspecified atom stereocenters. The fraction of sp³-hybridized carbons (Fsp3) is 0.375. The van der Waals surface area contributed by atoms with Crippen molar-refractivity contribution in [2.75, 3.05) is 18.5 Å². The summed E-state index contributed by atoms with van der Waals surface area (Å²) in [4.78, 5) is 15.4. The second-order valence-electron chi connectivity index (χ2n) is 5.84. The van der Waals surface area contributed by atoms with Crippen molar-refractivity contribution in [3.8, 4) is 0 Å². The number of aliphatic hydroxyl groups excluding tert-OH is 1. The lowest BCUT2D eigenvalue weighted by Crippen LogP contribution is -2.26. The fourth-order valence-electron chi connectivity index (χ4n) is 2.69. The summed E-state index contributed by atoms with van der Waals surface area (Å²) in [6.07, 6.45) is 1.34. The molecule has 0 spiro atoms. The highest BCUT2D eigenvalue weighted by atomic mass is 19.1. The van der Waals surface area contributed by atoms with E-state index < -0.39 is 6.61 Å². The van der Waals surface area contributed by atoms with Gasteiger partial charge in [0.15, 0.2) is 17.3 Å². The van der Waals surface area contributed by atoms with Gasteiger partial charge in [-0.15, -0.1) is 0 Å². The minimum Gasteiger partial charge on any atom is -0.389 e. The summed E-state index contributed by atoms with van der Waals surface area (Å²) in [5.74, 6) is -0.300. The molecule has 0 bridgehead atoms. The molecule has 1 heterocycles. The average molecular weight is 363 g/mol. The standard InChI is InChI=1S/C16H18FN5O4/c17-10-4-3-9-6-13(12(9)7-10)19-16(20-25)14-15(22-26-21-14)18-5-1-2-11(24)8-23/h3-4,7,13,23,25H,1-2,5-6,8H2,(H,18,22)(H,19,20). The Morgan fingerprint density at radius 2 is 2.27 bits per heavy atom. The lowest BCUT2D eigenvalue weighted by Gasteiger charge is -2.27. The molecule has 0 aliphatic heterocycles. The Kier molecular flexibility index (Phi) is 5.54. The third-order valence-electron chi connectivity index (χ3n) is 4.09. The normalized spacial score (nSPS) is 16.0. The number of aliphatic imine (C=N–C) groups is 1. The van der Waals surface area contributed by atoms with Gasteiger partial charge >= 0.3 is 0 Å². The van der Waals surface area contributed by atoms with Crippen molar-refractivity contribution in [2.24, 2.45) is 4.99 Å². The van der Waals surface area contributed by atoms with Crippen LogP contribution in [0, 0.1) is 5.82 Å². The van der Waals surface area contributed by atoms with E-state index in [2.05, 4.69) is 25.3 Å². The number of ketones is 1. The van der Waals surface area contributed by atoms with Crippen molar-refractivity contribution < 1.29 is 24.1 Å². The van der Waals surface area contributed by atoms with E-state index in [9.17, 15) is 14.4 Å². The van der Waals surface area contributed by atoms with Crippen LogP contribution < -0.4 is 10.8 Å². The zero-order valence-corrected chi connectivity index (χ0v) is 13.8. The molecule has 1 aromatic carbocycles. The summed E-state index contributed by atoms with van der Waals surface area (Å²) < 4.78 is 18.1. The highest BCUT2D eigenvalue weighted by Gasteiger charge is 2.28. The number of anilines is 1. The highest BCUT2D eigenvalue weighted by molar-refractivity contribution is 6.00. The summed E-state index contributed by atoms with van der Waals surface area (Å²) in [7, 11) is 0. The maximum Gasteiger partial charge on any atom is 0.202 e. The molecule has 9 nitrogen and oxygen atoms in total. The Labute approximate surface area is 147 Å². The number of amidine groups is 1. The summed E-state index contributed by atoms with van der Waals surface area (Å²) in [6, 6.07) is 4.22. The van der Waals surface area contributed by atoms with Crippen LogP contribution in [0.5, 0.6) is 0 Å². The number of fused-ring (bicyclic) bond motifs is 1. The van der Waals surface area contributed by atoms with Gasteiger partial charge in [-0.1, -0.05) is 6.07 Å². The van der Waals surface area contributed by atoms with Crippen molar-refractivity contribution in [1.82, 2.24) is 15.8 Å². The smallest absolute Gasteiger partial charge is 0.202 e. The van der Waals surface area contributed by atoms with Crippen LogP contribution in [-0.2, 0) is 11.2 Å². The first kappa shape index (κ1) is 18.0. The number of carbonyl (C=O) groups excluding carboxylic acids is 1. The van der Waals surface area contributed by atoms with Gasteiger partial charge in [-0.05, 0) is 46.4 Å². The number of nitrogens with one attached hydrogen (secondary N) is 2. The van der Waals surface area contributed by atoms with Crippen LogP contribution in [0.2, 0.25) is 0 Å². The third-order valence-corrected chi connectivity index (χ3v) is 4.09. The number of Topliss-reactive ketones (excluding diaryl/α,β-unsaturated/α-hetero) is 1. The van der Waals surface area contributed by atoms with Gasteiger partial charge in [0.2, 0.25) is 5.82 Å². The highest BCUT2D eigenvalue weighted by Crippen LogP contribution is 2.36. The number of aliphatic hydroxyl groups is 1. The number of hydrogen-bond donors (Lipinski definition) is 4. The molecule has 138 valence electrons. The number of carbonyl (C=O) groups is 1. The molecule has 10 heteroatoms. The summed E-state index contributed by atoms with van der Waals surface area (Å²) in [5, 5.41) is 28.4. The van der Waals surface area contributed by atoms with Crippen molar-refractivity contribution in [3.05, 3.63) is 40.8 Å². The molecule has 0 amide bonds. The predicted molar refractivity (Wildman–Crippen MR) is 88.4 cm³/mol. The lowest BCUT2D eigenvalue weighted by atomic mass is 9.83. The largest absolute Gasteiger partial charge is 0.389 e. The van der Waals surface area contributed by atoms with Gasteiger partial charge in [-0.25, -0.2) is 9.02 Å². The second kappa shape index (κ2) is 8.02. The van der Waals surface area contributed by atoms with Crippen LogP contribution in [-0.4, -0.2) is 45.4 Å². The Hall–Kier alpha value is -2.85. The zero-order chi connectivity index (χ0) is 18.5. The molecule has 1 aromatic heterocycles. The minimum atomic E-state index is -0.481. The molecule has 2 aromatic rings.